The van der Waals surface area contributed by atoms with Crippen molar-refractivity contribution in [2.24, 2.45) is 0 Å². The van der Waals surface area contributed by atoms with Gasteiger partial charge in [0.1, 0.15) is 10.8 Å². The maximum absolute atomic E-state index is 12.9. The van der Waals surface area contributed by atoms with Gasteiger partial charge in [-0.25, -0.2) is 4.39 Å². The van der Waals surface area contributed by atoms with Crippen molar-refractivity contribution < 1.29 is 4.39 Å². The molecule has 72 valence electrons. The largest absolute Gasteiger partial charge is 0.205 e. The van der Waals surface area contributed by atoms with Gasteiger partial charge in [-0.2, -0.15) is 0 Å². The molecule has 0 fully saturated rings. The number of hydrogen-bond donors (Lipinski definition) is 0. The Balaban J connectivity index is 2.47. The maximum Gasteiger partial charge on any atom is 0.178 e. The molecule has 0 aliphatic carbocycles. The second-order valence-corrected chi connectivity index (χ2v) is 5.63. The van der Waals surface area contributed by atoms with E-state index in [0.29, 0.717) is 0 Å². The van der Waals surface area contributed by atoms with Crippen LogP contribution in [0.2, 0.25) is 5.02 Å². The Hall–Kier alpha value is -0.270. The fraction of sp³-hybridized carbons (Fsp3) is 0. The standard InChI is InChI=1S/C8H3ClFIN2S/c9-5-3-4(1-2-6(5)10)7-12-13-8(11)14-7/h1-3H. The molecule has 0 amide bonds. The SMILES string of the molecule is Fc1ccc(-c2nnc(I)s2)cc1Cl. The molecule has 2 rings (SSSR count). The second kappa shape index (κ2) is 4.08. The molecule has 1 aromatic carbocycles. The van der Waals surface area contributed by atoms with Crippen molar-refractivity contribution in [2.45, 2.75) is 0 Å². The summed E-state index contributed by atoms with van der Waals surface area (Å²) >= 11 is 9.17. The minimum Gasteiger partial charge on any atom is -0.205 e. The highest BCUT2D eigenvalue weighted by molar-refractivity contribution is 14.1. The van der Waals surface area contributed by atoms with E-state index in [1.165, 1.54) is 17.4 Å². The van der Waals surface area contributed by atoms with E-state index in [0.717, 1.165) is 13.6 Å². The number of halogens is 3. The molecular formula is C8H3ClFIN2S. The van der Waals surface area contributed by atoms with Gasteiger partial charge in [-0.3, -0.25) is 0 Å². The van der Waals surface area contributed by atoms with Crippen LogP contribution in [-0.2, 0) is 0 Å². The number of nitrogens with zero attached hydrogens (tertiary/aromatic N) is 2. The molecule has 0 unspecified atom stereocenters. The third kappa shape index (κ3) is 2.04. The van der Waals surface area contributed by atoms with Crippen LogP contribution in [0.5, 0.6) is 0 Å². The Morgan fingerprint density at radius 3 is 2.71 bits per heavy atom. The van der Waals surface area contributed by atoms with Crippen LogP contribution in [0, 0.1) is 8.83 Å². The summed E-state index contributed by atoms with van der Waals surface area (Å²) in [5.74, 6) is -0.422. The average molecular weight is 341 g/mol. The van der Waals surface area contributed by atoms with Crippen molar-refractivity contribution >= 4 is 45.5 Å². The summed E-state index contributed by atoms with van der Waals surface area (Å²) in [7, 11) is 0. The minimum atomic E-state index is -0.422. The molecule has 1 aromatic heterocycles. The van der Waals surface area contributed by atoms with Gasteiger partial charge in [-0.05, 0) is 40.8 Å². The number of aromatic nitrogens is 2. The lowest BCUT2D eigenvalue weighted by molar-refractivity contribution is 0.628. The highest BCUT2D eigenvalue weighted by atomic mass is 127. The van der Waals surface area contributed by atoms with Gasteiger partial charge in [-0.1, -0.05) is 22.9 Å². The van der Waals surface area contributed by atoms with Gasteiger partial charge in [0.05, 0.1) is 5.02 Å². The third-order valence-corrected chi connectivity index (χ3v) is 3.49. The van der Waals surface area contributed by atoms with E-state index in [1.54, 1.807) is 12.1 Å². The Morgan fingerprint density at radius 2 is 2.14 bits per heavy atom. The third-order valence-electron chi connectivity index (χ3n) is 1.57. The lowest BCUT2D eigenvalue weighted by Crippen LogP contribution is -1.80. The number of benzene rings is 1. The van der Waals surface area contributed by atoms with Crippen LogP contribution in [0.4, 0.5) is 4.39 Å². The van der Waals surface area contributed by atoms with Crippen LogP contribution in [0.3, 0.4) is 0 Å². The Morgan fingerprint density at radius 1 is 1.36 bits per heavy atom. The average Bonchev–Trinajstić information content (AvgIpc) is 2.57. The maximum atomic E-state index is 12.9. The van der Waals surface area contributed by atoms with Gasteiger partial charge in [0.25, 0.3) is 0 Å². The summed E-state index contributed by atoms with van der Waals surface area (Å²) in [6, 6.07) is 4.51. The van der Waals surface area contributed by atoms with Crippen molar-refractivity contribution in [2.75, 3.05) is 0 Å². The van der Waals surface area contributed by atoms with Crippen LogP contribution in [0.15, 0.2) is 18.2 Å². The van der Waals surface area contributed by atoms with E-state index in [-0.39, 0.29) is 5.02 Å². The van der Waals surface area contributed by atoms with Gasteiger partial charge >= 0.3 is 0 Å². The van der Waals surface area contributed by atoms with Gasteiger partial charge in [0.2, 0.25) is 0 Å². The number of hydrogen-bond acceptors (Lipinski definition) is 3. The zero-order valence-electron chi connectivity index (χ0n) is 6.67. The highest BCUT2D eigenvalue weighted by Gasteiger charge is 2.07. The molecule has 14 heavy (non-hydrogen) atoms. The zero-order valence-corrected chi connectivity index (χ0v) is 10.4. The number of rotatable bonds is 1. The Bertz CT molecular complexity index is 474. The molecular weight excluding hydrogens is 338 g/mol. The Kier molecular flexibility index (Phi) is 2.99. The van der Waals surface area contributed by atoms with E-state index in [9.17, 15) is 4.39 Å². The zero-order chi connectivity index (χ0) is 10.1. The molecule has 0 N–H and O–H groups in total. The van der Waals surface area contributed by atoms with Crippen LogP contribution in [-0.4, -0.2) is 10.2 Å². The van der Waals surface area contributed by atoms with E-state index in [1.807, 2.05) is 0 Å². The summed E-state index contributed by atoms with van der Waals surface area (Å²) in [5, 5.41) is 8.65. The molecule has 0 saturated carbocycles. The van der Waals surface area contributed by atoms with Crippen molar-refractivity contribution in [3.05, 3.63) is 32.1 Å². The first-order valence-electron chi connectivity index (χ1n) is 3.61. The van der Waals surface area contributed by atoms with Gasteiger partial charge in [0, 0.05) is 5.56 Å². The van der Waals surface area contributed by atoms with Crippen LogP contribution in [0.1, 0.15) is 0 Å². The summed E-state index contributed by atoms with van der Waals surface area (Å²) in [4.78, 5) is 0. The van der Waals surface area contributed by atoms with E-state index in [4.69, 9.17) is 11.6 Å². The molecule has 0 aliphatic rings. The van der Waals surface area contributed by atoms with E-state index >= 15 is 0 Å². The molecule has 2 nitrogen and oxygen atoms in total. The van der Waals surface area contributed by atoms with Gasteiger partial charge in [-0.15, -0.1) is 10.2 Å². The molecule has 2 aromatic rings. The summed E-state index contributed by atoms with van der Waals surface area (Å²) in [5.41, 5.74) is 0.789. The first-order valence-corrected chi connectivity index (χ1v) is 5.88. The van der Waals surface area contributed by atoms with Crippen LogP contribution >= 0.6 is 45.5 Å². The van der Waals surface area contributed by atoms with Crippen molar-refractivity contribution in [1.82, 2.24) is 10.2 Å². The van der Waals surface area contributed by atoms with E-state index < -0.39 is 5.82 Å². The fourth-order valence-electron chi connectivity index (χ4n) is 0.951. The quantitative estimate of drug-likeness (QED) is 0.741. The summed E-state index contributed by atoms with van der Waals surface area (Å²) in [6.45, 7) is 0. The monoisotopic (exact) mass is 340 g/mol. The molecule has 6 heteroatoms. The van der Waals surface area contributed by atoms with Gasteiger partial charge < -0.3 is 0 Å². The molecule has 0 aliphatic heterocycles. The fourth-order valence-corrected chi connectivity index (χ4v) is 2.43. The molecule has 0 atom stereocenters. The first kappa shape index (κ1) is 10.3. The van der Waals surface area contributed by atoms with Crippen molar-refractivity contribution in [3.8, 4) is 10.6 Å². The van der Waals surface area contributed by atoms with Crippen LogP contribution in [0.25, 0.3) is 10.6 Å². The normalized spacial score (nSPS) is 10.5. The Labute approximate surface area is 102 Å². The second-order valence-electron chi connectivity index (χ2n) is 2.49. The molecule has 0 saturated heterocycles. The smallest absolute Gasteiger partial charge is 0.178 e. The topological polar surface area (TPSA) is 25.8 Å². The summed E-state index contributed by atoms with van der Waals surface area (Å²) in [6.07, 6.45) is 0. The predicted molar refractivity (Wildman–Crippen MR) is 63.0 cm³/mol. The predicted octanol–water partition coefficient (Wildman–Crippen LogP) is 3.60. The highest BCUT2D eigenvalue weighted by Crippen LogP contribution is 2.27. The van der Waals surface area contributed by atoms with Crippen LogP contribution < -0.4 is 0 Å². The van der Waals surface area contributed by atoms with E-state index in [2.05, 4.69) is 32.8 Å². The first-order chi connectivity index (χ1) is 6.66. The summed E-state index contributed by atoms with van der Waals surface area (Å²) < 4.78 is 13.7. The lowest BCUT2D eigenvalue weighted by Gasteiger charge is -1.96. The molecule has 0 radical (unpaired) electrons. The van der Waals surface area contributed by atoms with Crippen molar-refractivity contribution in [3.63, 3.8) is 0 Å². The lowest BCUT2D eigenvalue weighted by atomic mass is 10.2. The van der Waals surface area contributed by atoms with Crippen molar-refractivity contribution in [1.29, 1.82) is 0 Å². The van der Waals surface area contributed by atoms with Gasteiger partial charge in [0.15, 0.2) is 3.01 Å². The minimum absolute atomic E-state index is 0.104. The molecule has 0 bridgehead atoms. The molecule has 1 heterocycles. The molecule has 0 spiro atoms.